The summed E-state index contributed by atoms with van der Waals surface area (Å²) in [6.45, 7) is 0.361. The van der Waals surface area contributed by atoms with E-state index >= 15 is 0 Å². The quantitative estimate of drug-likeness (QED) is 0.584. The van der Waals surface area contributed by atoms with Gasteiger partial charge in [0, 0.05) is 18.5 Å². The number of hydrogen-bond donors (Lipinski definition) is 0. The van der Waals surface area contributed by atoms with Crippen molar-refractivity contribution in [3.05, 3.63) is 28.0 Å². The van der Waals surface area contributed by atoms with Crippen LogP contribution >= 0.6 is 34.8 Å². The maximum absolute atomic E-state index is 13.8. The van der Waals surface area contributed by atoms with E-state index in [0.717, 1.165) is 19.3 Å². The van der Waals surface area contributed by atoms with Crippen LogP contribution in [-0.2, 0) is 10.0 Å². The zero-order valence-corrected chi connectivity index (χ0v) is 14.2. The fourth-order valence-corrected chi connectivity index (χ4v) is 5.27. The molecule has 3 nitrogen and oxygen atoms in total. The van der Waals surface area contributed by atoms with Gasteiger partial charge in [0.15, 0.2) is 5.82 Å². The largest absolute Gasteiger partial charge is 0.244 e. The third-order valence-corrected chi connectivity index (χ3v) is 6.71. The van der Waals surface area contributed by atoms with Crippen molar-refractivity contribution < 1.29 is 12.8 Å². The van der Waals surface area contributed by atoms with Gasteiger partial charge in [-0.3, -0.25) is 0 Å². The molecule has 8 heteroatoms. The van der Waals surface area contributed by atoms with E-state index in [1.807, 2.05) is 0 Å². The van der Waals surface area contributed by atoms with E-state index < -0.39 is 20.9 Å². The summed E-state index contributed by atoms with van der Waals surface area (Å²) in [6, 6.07) is 2.14. The maximum atomic E-state index is 13.8. The van der Waals surface area contributed by atoms with Gasteiger partial charge < -0.3 is 0 Å². The SMILES string of the molecule is O=S(=O)(c1ccc(Cl)c(F)c1Cl)N1CCCCCC1CCl. The van der Waals surface area contributed by atoms with Gasteiger partial charge >= 0.3 is 0 Å². The van der Waals surface area contributed by atoms with Gasteiger partial charge in [-0.2, -0.15) is 4.31 Å². The van der Waals surface area contributed by atoms with Crippen molar-refractivity contribution in [1.29, 1.82) is 0 Å². The lowest BCUT2D eigenvalue weighted by atomic mass is 10.1. The summed E-state index contributed by atoms with van der Waals surface area (Å²) < 4.78 is 40.6. The van der Waals surface area contributed by atoms with Gasteiger partial charge in [-0.15, -0.1) is 11.6 Å². The highest BCUT2D eigenvalue weighted by Crippen LogP contribution is 2.33. The molecule has 1 fully saturated rings. The van der Waals surface area contributed by atoms with E-state index in [-0.39, 0.29) is 21.8 Å². The van der Waals surface area contributed by atoms with E-state index in [1.54, 1.807) is 0 Å². The van der Waals surface area contributed by atoms with Crippen LogP contribution in [0.2, 0.25) is 10.0 Å². The van der Waals surface area contributed by atoms with Crippen molar-refractivity contribution in [3.63, 3.8) is 0 Å². The lowest BCUT2D eigenvalue weighted by Gasteiger charge is -2.28. The minimum absolute atomic E-state index is 0.201. The van der Waals surface area contributed by atoms with Gasteiger partial charge in [-0.05, 0) is 25.0 Å². The number of alkyl halides is 1. The Balaban J connectivity index is 2.47. The Bertz CT molecular complexity index is 624. The van der Waals surface area contributed by atoms with Crippen LogP contribution in [0.1, 0.15) is 25.7 Å². The number of hydrogen-bond acceptors (Lipinski definition) is 2. The van der Waals surface area contributed by atoms with E-state index in [1.165, 1.54) is 16.4 Å². The molecule has 21 heavy (non-hydrogen) atoms. The van der Waals surface area contributed by atoms with Gasteiger partial charge in [0.25, 0.3) is 0 Å². The second-order valence-corrected chi connectivity index (χ2v) is 7.90. The van der Waals surface area contributed by atoms with Crippen molar-refractivity contribution in [1.82, 2.24) is 4.31 Å². The van der Waals surface area contributed by atoms with E-state index in [4.69, 9.17) is 34.8 Å². The average molecular weight is 375 g/mol. The molecule has 118 valence electrons. The summed E-state index contributed by atoms with van der Waals surface area (Å²) in [4.78, 5) is -0.261. The minimum Gasteiger partial charge on any atom is -0.207 e. The van der Waals surface area contributed by atoms with Crippen LogP contribution in [0, 0.1) is 5.82 Å². The summed E-state index contributed by atoms with van der Waals surface area (Å²) in [5.74, 6) is -0.718. The summed E-state index contributed by atoms with van der Waals surface area (Å²) in [5.41, 5.74) is 0. The molecule has 0 radical (unpaired) electrons. The molecule has 0 bridgehead atoms. The molecule has 0 saturated carbocycles. The molecule has 0 amide bonds. The molecule has 1 unspecified atom stereocenters. The second-order valence-electron chi connectivity index (χ2n) is 4.95. The van der Waals surface area contributed by atoms with Crippen molar-refractivity contribution >= 4 is 44.8 Å². The fraction of sp³-hybridized carbons (Fsp3) is 0.538. The first-order valence-electron chi connectivity index (χ1n) is 6.61. The van der Waals surface area contributed by atoms with Gasteiger partial charge in [0.1, 0.15) is 4.90 Å². The molecule has 0 aromatic heterocycles. The predicted molar refractivity (Wildman–Crippen MR) is 83.3 cm³/mol. The molecule has 0 spiro atoms. The Labute approximate surface area is 139 Å². The standard InChI is InChI=1S/C13H15Cl3FNO2S/c14-8-9-4-2-1-3-7-18(9)21(19,20)11-6-5-10(15)13(17)12(11)16/h5-6,9H,1-4,7-8H2. The Morgan fingerprint density at radius 2 is 1.95 bits per heavy atom. The molecule has 1 aliphatic rings. The first-order chi connectivity index (χ1) is 9.89. The predicted octanol–water partition coefficient (Wildman–Crippen LogP) is 4.30. The summed E-state index contributed by atoms with van der Waals surface area (Å²) in [5, 5.41) is -0.677. The second kappa shape index (κ2) is 7.01. The molecule has 1 heterocycles. The number of halogens is 4. The van der Waals surface area contributed by atoms with Crippen LogP contribution in [0.15, 0.2) is 17.0 Å². The van der Waals surface area contributed by atoms with E-state index in [9.17, 15) is 12.8 Å². The highest BCUT2D eigenvalue weighted by molar-refractivity contribution is 7.89. The van der Waals surface area contributed by atoms with Crippen molar-refractivity contribution in [2.45, 2.75) is 36.6 Å². The Hall–Kier alpha value is -0.0700. The molecule has 1 aliphatic heterocycles. The number of nitrogens with zero attached hydrogens (tertiary/aromatic N) is 1. The molecule has 0 N–H and O–H groups in total. The van der Waals surface area contributed by atoms with Gasteiger partial charge in [-0.1, -0.05) is 36.0 Å². The molecule has 1 saturated heterocycles. The van der Waals surface area contributed by atoms with Crippen LogP contribution < -0.4 is 0 Å². The van der Waals surface area contributed by atoms with Crippen molar-refractivity contribution in [2.24, 2.45) is 0 Å². The van der Waals surface area contributed by atoms with Gasteiger partial charge in [0.2, 0.25) is 10.0 Å². The highest BCUT2D eigenvalue weighted by atomic mass is 35.5. The number of benzene rings is 1. The molecule has 1 atom stereocenters. The molecule has 2 rings (SSSR count). The molecular formula is C13H15Cl3FNO2S. The topological polar surface area (TPSA) is 37.4 Å². The van der Waals surface area contributed by atoms with Crippen molar-refractivity contribution in [3.8, 4) is 0 Å². The lowest BCUT2D eigenvalue weighted by molar-refractivity contribution is 0.345. The van der Waals surface area contributed by atoms with Crippen LogP contribution in [0.3, 0.4) is 0 Å². The molecule has 0 aliphatic carbocycles. The monoisotopic (exact) mass is 373 g/mol. The van der Waals surface area contributed by atoms with Crippen LogP contribution in [0.5, 0.6) is 0 Å². The average Bonchev–Trinajstić information content (AvgIpc) is 2.70. The van der Waals surface area contributed by atoms with Gasteiger partial charge in [0.05, 0.1) is 10.0 Å². The zero-order valence-electron chi connectivity index (χ0n) is 11.2. The summed E-state index contributed by atoms with van der Waals surface area (Å²) >= 11 is 17.4. The number of rotatable bonds is 3. The minimum atomic E-state index is -3.90. The van der Waals surface area contributed by atoms with Gasteiger partial charge in [-0.25, -0.2) is 12.8 Å². The smallest absolute Gasteiger partial charge is 0.207 e. The maximum Gasteiger partial charge on any atom is 0.244 e. The zero-order chi connectivity index (χ0) is 15.6. The summed E-state index contributed by atoms with van der Waals surface area (Å²) in [6.07, 6.45) is 3.31. The molecule has 1 aromatic rings. The normalized spacial score (nSPS) is 21.2. The number of sulfonamides is 1. The highest BCUT2D eigenvalue weighted by Gasteiger charge is 2.34. The first kappa shape index (κ1) is 17.3. The Kier molecular flexibility index (Phi) is 5.77. The third-order valence-electron chi connectivity index (χ3n) is 3.59. The van der Waals surface area contributed by atoms with Crippen LogP contribution in [0.25, 0.3) is 0 Å². The van der Waals surface area contributed by atoms with Crippen molar-refractivity contribution in [2.75, 3.05) is 12.4 Å². The summed E-state index contributed by atoms with van der Waals surface area (Å²) in [7, 11) is -3.90. The van der Waals surface area contributed by atoms with Crippen LogP contribution in [-0.4, -0.2) is 31.2 Å². The van der Waals surface area contributed by atoms with Crippen LogP contribution in [0.4, 0.5) is 4.39 Å². The molecule has 1 aromatic carbocycles. The lowest BCUT2D eigenvalue weighted by Crippen LogP contribution is -2.41. The Morgan fingerprint density at radius 1 is 1.24 bits per heavy atom. The van der Waals surface area contributed by atoms with E-state index in [0.29, 0.717) is 13.0 Å². The molecular weight excluding hydrogens is 360 g/mol. The fourth-order valence-electron chi connectivity index (χ4n) is 2.46. The third kappa shape index (κ3) is 3.48. The first-order valence-corrected chi connectivity index (χ1v) is 9.34. The Morgan fingerprint density at radius 3 is 2.62 bits per heavy atom. The van der Waals surface area contributed by atoms with E-state index in [2.05, 4.69) is 0 Å².